The fraction of sp³-hybridized carbons (Fsp3) is 0.676. The molecule has 3 saturated heterocycles. The number of benzene rings is 1. The first-order chi connectivity index (χ1) is 21.6. The number of nitrogens with zero attached hydrogens (tertiary/aromatic N) is 2. The molecule has 6 nitrogen and oxygen atoms in total. The number of alkyl halides is 6. The van der Waals surface area contributed by atoms with Gasteiger partial charge in [-0.25, -0.2) is 14.8 Å². The lowest BCUT2D eigenvalue weighted by Gasteiger charge is -2.58. The minimum Gasteiger partial charge on any atom is -0.492 e. The number of para-hydroxylation sites is 1. The summed E-state index contributed by atoms with van der Waals surface area (Å²) in [4.78, 5) is 18.0. The van der Waals surface area contributed by atoms with Crippen molar-refractivity contribution in [3.8, 4) is 0 Å². The molecule has 2 unspecified atom stereocenters. The van der Waals surface area contributed by atoms with Gasteiger partial charge in [-0.15, -0.1) is 0 Å². The normalized spacial score (nSPS) is 35.9. The van der Waals surface area contributed by atoms with Crippen molar-refractivity contribution in [3.63, 3.8) is 0 Å². The van der Waals surface area contributed by atoms with Crippen LogP contribution in [0.1, 0.15) is 95.1 Å². The van der Waals surface area contributed by atoms with Crippen molar-refractivity contribution >= 4 is 10.9 Å². The number of ether oxygens (including phenoxy) is 1. The van der Waals surface area contributed by atoms with E-state index in [4.69, 9.17) is 14.5 Å². The molecule has 8 atom stereocenters. The third-order valence-corrected chi connectivity index (χ3v) is 11.4. The number of aromatic nitrogens is 1. The van der Waals surface area contributed by atoms with Crippen LogP contribution in [0, 0.1) is 17.8 Å². The second kappa shape index (κ2) is 11.1. The van der Waals surface area contributed by atoms with Gasteiger partial charge in [0.05, 0.1) is 22.9 Å². The molecule has 5 heterocycles. The monoisotopic (exact) mass is 654 g/mol. The molecule has 252 valence electrons. The second-order valence-corrected chi connectivity index (χ2v) is 14.5. The summed E-state index contributed by atoms with van der Waals surface area (Å²) >= 11 is 0. The van der Waals surface area contributed by atoms with Gasteiger partial charge in [0.1, 0.15) is 23.0 Å². The Morgan fingerprint density at radius 1 is 1.07 bits per heavy atom. The predicted molar refractivity (Wildman–Crippen MR) is 156 cm³/mol. The minimum atomic E-state index is -5.00. The first kappa shape index (κ1) is 32.2. The van der Waals surface area contributed by atoms with Gasteiger partial charge in [-0.1, -0.05) is 25.5 Å². The third-order valence-electron chi connectivity index (χ3n) is 11.4. The van der Waals surface area contributed by atoms with Crippen molar-refractivity contribution in [1.82, 2.24) is 9.88 Å². The first-order valence-electron chi connectivity index (χ1n) is 16.3. The summed E-state index contributed by atoms with van der Waals surface area (Å²) in [6, 6.07) is 3.23. The van der Waals surface area contributed by atoms with Gasteiger partial charge in [0, 0.05) is 23.9 Å². The summed E-state index contributed by atoms with van der Waals surface area (Å²) in [6.45, 7) is 7.27. The molecule has 5 fully saturated rings. The molecule has 2 bridgehead atoms. The number of aliphatic hydroxyl groups is 1. The Kier molecular flexibility index (Phi) is 7.74. The Hall–Kier alpha value is -2.41. The number of allylic oxidation sites excluding steroid dienone is 1. The zero-order valence-electron chi connectivity index (χ0n) is 26.2. The molecular formula is C34H40F6N2O4. The van der Waals surface area contributed by atoms with Gasteiger partial charge in [-0.05, 0) is 100 Å². The van der Waals surface area contributed by atoms with Crippen LogP contribution in [0.2, 0.25) is 0 Å². The van der Waals surface area contributed by atoms with Gasteiger partial charge in [-0.2, -0.15) is 26.3 Å². The van der Waals surface area contributed by atoms with Crippen LogP contribution in [-0.2, 0) is 26.9 Å². The zero-order valence-corrected chi connectivity index (χ0v) is 26.2. The van der Waals surface area contributed by atoms with Gasteiger partial charge in [0.2, 0.25) is 0 Å². The lowest BCUT2D eigenvalue weighted by molar-refractivity contribution is -0.468. The lowest BCUT2D eigenvalue weighted by Crippen LogP contribution is -2.65. The van der Waals surface area contributed by atoms with Crippen molar-refractivity contribution in [1.29, 1.82) is 0 Å². The number of aliphatic hydroxyl groups excluding tert-OH is 1. The van der Waals surface area contributed by atoms with E-state index in [9.17, 15) is 31.4 Å². The Morgan fingerprint density at radius 3 is 2.59 bits per heavy atom. The highest BCUT2D eigenvalue weighted by molar-refractivity contribution is 5.86. The fourth-order valence-corrected chi connectivity index (χ4v) is 9.29. The molecule has 0 amide bonds. The molecule has 1 aromatic heterocycles. The molecule has 0 radical (unpaired) electrons. The Bertz CT molecular complexity index is 1540. The van der Waals surface area contributed by atoms with Crippen LogP contribution in [0.4, 0.5) is 26.3 Å². The molecule has 4 aliphatic heterocycles. The number of hydrogen-bond donors (Lipinski definition) is 1. The van der Waals surface area contributed by atoms with E-state index in [0.717, 1.165) is 68.4 Å². The highest BCUT2D eigenvalue weighted by Gasteiger charge is 2.66. The Morgan fingerprint density at radius 2 is 1.85 bits per heavy atom. The van der Waals surface area contributed by atoms with Crippen LogP contribution < -0.4 is 0 Å². The number of piperidine rings is 1. The Balaban J connectivity index is 1.26. The van der Waals surface area contributed by atoms with Crippen molar-refractivity contribution in [2.24, 2.45) is 17.8 Å². The summed E-state index contributed by atoms with van der Waals surface area (Å²) in [5.41, 5.74) is -3.73. The number of fused-ring (bicyclic) bond motifs is 3. The summed E-state index contributed by atoms with van der Waals surface area (Å²) in [5.74, 6) is 1.47. The highest BCUT2D eigenvalue weighted by Crippen LogP contribution is 2.61. The smallest absolute Gasteiger partial charge is 0.433 e. The lowest BCUT2D eigenvalue weighted by atomic mass is 9.58. The minimum absolute atomic E-state index is 0.00435. The maximum atomic E-state index is 14.0. The predicted octanol–water partition coefficient (Wildman–Crippen LogP) is 8.14. The van der Waals surface area contributed by atoms with Crippen molar-refractivity contribution < 1.29 is 46.0 Å². The standard InChI is InChI=1S/C34H40F6N2O4/c1-18-13-20-16-31(3)11-10-28-32(20,46-45-31)25(14-18)23(19(2)44-28)17-42-12-5-4-9-26(42)30(43)22-15-27(34(38,39)40)41-29-21(22)7-6-8-24(29)33(35,36)37/h6-8,15,18,20,25-26,28,30,43H,4-5,9-14,16-17H2,1-3H3/t18-,20+,25-,26?,28+,30?,31-,32+/m0/s1. The van der Waals surface area contributed by atoms with E-state index in [1.807, 2.05) is 6.92 Å². The van der Waals surface area contributed by atoms with Gasteiger partial charge in [0.15, 0.2) is 0 Å². The van der Waals surface area contributed by atoms with Crippen molar-refractivity contribution in [3.05, 3.63) is 52.4 Å². The van der Waals surface area contributed by atoms with Gasteiger partial charge < -0.3 is 9.84 Å². The molecule has 1 aromatic carbocycles. The molecule has 2 aliphatic carbocycles. The molecule has 6 aliphatic rings. The van der Waals surface area contributed by atoms with Crippen LogP contribution >= 0.6 is 0 Å². The van der Waals surface area contributed by atoms with E-state index in [-0.39, 0.29) is 34.5 Å². The van der Waals surface area contributed by atoms with Crippen LogP contribution in [0.25, 0.3) is 10.9 Å². The van der Waals surface area contributed by atoms with Crippen LogP contribution in [0.3, 0.4) is 0 Å². The van der Waals surface area contributed by atoms with Crippen molar-refractivity contribution in [2.75, 3.05) is 13.1 Å². The molecular weight excluding hydrogens is 614 g/mol. The number of pyridine rings is 1. The second-order valence-electron chi connectivity index (χ2n) is 14.5. The average Bonchev–Trinajstić information content (AvgIpc) is 3.20. The summed E-state index contributed by atoms with van der Waals surface area (Å²) < 4.78 is 90.4. The average molecular weight is 655 g/mol. The largest absolute Gasteiger partial charge is 0.492 e. The van der Waals surface area contributed by atoms with Crippen molar-refractivity contribution in [2.45, 2.75) is 114 Å². The number of halogens is 6. The van der Waals surface area contributed by atoms with E-state index >= 15 is 0 Å². The quantitative estimate of drug-likeness (QED) is 0.265. The number of rotatable bonds is 4. The zero-order chi connectivity index (χ0) is 32.8. The molecule has 1 spiro atoms. The van der Waals surface area contributed by atoms with Gasteiger partial charge in [-0.3, -0.25) is 4.90 Å². The maximum absolute atomic E-state index is 14.0. The van der Waals surface area contributed by atoms with Gasteiger partial charge >= 0.3 is 12.4 Å². The van der Waals surface area contributed by atoms with E-state index in [2.05, 4.69) is 23.7 Å². The van der Waals surface area contributed by atoms with Crippen LogP contribution in [0.15, 0.2) is 35.6 Å². The van der Waals surface area contributed by atoms with Crippen LogP contribution in [0.5, 0.6) is 0 Å². The topological polar surface area (TPSA) is 64.1 Å². The summed E-state index contributed by atoms with van der Waals surface area (Å²) in [5, 5.41) is 11.7. The van der Waals surface area contributed by atoms with E-state index in [0.29, 0.717) is 31.5 Å². The van der Waals surface area contributed by atoms with E-state index in [1.54, 1.807) is 0 Å². The summed E-state index contributed by atoms with van der Waals surface area (Å²) in [6.07, 6.45) is -5.18. The molecule has 12 heteroatoms. The Labute approximate surface area is 264 Å². The highest BCUT2D eigenvalue weighted by atomic mass is 19.4. The van der Waals surface area contributed by atoms with E-state index in [1.165, 1.54) is 6.07 Å². The van der Waals surface area contributed by atoms with Crippen LogP contribution in [-0.4, -0.2) is 51.4 Å². The van der Waals surface area contributed by atoms with E-state index < -0.39 is 46.9 Å². The maximum Gasteiger partial charge on any atom is 0.433 e. The fourth-order valence-electron chi connectivity index (χ4n) is 9.29. The molecule has 1 N–H and O–H groups in total. The molecule has 8 rings (SSSR count). The molecule has 2 aromatic rings. The summed E-state index contributed by atoms with van der Waals surface area (Å²) in [7, 11) is 0. The number of likely N-dealkylation sites (tertiary alicyclic amines) is 1. The number of hydrogen-bond acceptors (Lipinski definition) is 6. The SMILES string of the molecule is CC1=C(CN2CCCCC2C(O)c2cc(C(F)(F)F)nc3c(C(F)(F)F)cccc23)[C@@H]2C[C@@H](C)C[C@@H]3C[C@]4(C)CC[C@@H](O1)[C@@]32OO4. The molecule has 46 heavy (non-hydrogen) atoms. The third kappa shape index (κ3) is 5.22. The molecule has 2 saturated carbocycles. The van der Waals surface area contributed by atoms with Gasteiger partial charge in [0.25, 0.3) is 0 Å². The first-order valence-corrected chi connectivity index (χ1v) is 16.3.